The van der Waals surface area contributed by atoms with Crippen LogP contribution in [-0.2, 0) is 9.53 Å². The highest BCUT2D eigenvalue weighted by Gasteiger charge is 2.10. The summed E-state index contributed by atoms with van der Waals surface area (Å²) < 4.78 is 5.53. The molecule has 0 aromatic heterocycles. The molecule has 1 atom stereocenters. The molecule has 0 saturated carbocycles. The van der Waals surface area contributed by atoms with Crippen LogP contribution in [-0.4, -0.2) is 38.1 Å². The molecule has 0 rings (SSSR count). The topological polar surface area (TPSA) is 29.5 Å². The molecule has 0 fully saturated rings. The number of esters is 1. The van der Waals surface area contributed by atoms with E-state index in [0.29, 0.717) is 13.0 Å². The molecule has 0 aromatic rings. The second-order valence-corrected chi connectivity index (χ2v) is 20.9. The van der Waals surface area contributed by atoms with Crippen molar-refractivity contribution in [2.24, 2.45) is 5.92 Å². The number of carbonyl (C=O) groups excluding carboxylic acids is 1. The fraction of sp³-hybridized carbons (Fsp3) is 0.950. The Morgan fingerprint density at radius 3 is 1.03 bits per heavy atom. The molecule has 0 aliphatic heterocycles. The molecule has 0 aliphatic carbocycles. The fourth-order valence-corrected chi connectivity index (χ4v) is 9.81. The third kappa shape index (κ3) is 52.0. The van der Waals surface area contributed by atoms with Gasteiger partial charge in [-0.15, -0.1) is 0 Å². The number of rotatable bonds is 54. The summed E-state index contributed by atoms with van der Waals surface area (Å²) in [5, 5.41) is 0. The van der Waals surface area contributed by atoms with Gasteiger partial charge >= 0.3 is 5.97 Å². The van der Waals surface area contributed by atoms with Crippen LogP contribution in [0.5, 0.6) is 0 Å². The van der Waals surface area contributed by atoms with Crippen LogP contribution in [0, 0.1) is 5.92 Å². The van der Waals surface area contributed by atoms with Gasteiger partial charge in [0.2, 0.25) is 0 Å². The Bertz CT molecular complexity index is 897. The minimum absolute atomic E-state index is 0.00408. The van der Waals surface area contributed by atoms with Gasteiger partial charge in [0.15, 0.2) is 0 Å². The summed E-state index contributed by atoms with van der Waals surface area (Å²) in [5.74, 6) is 0.984. The van der Waals surface area contributed by atoms with Crippen LogP contribution in [0.15, 0.2) is 11.6 Å². The number of allylic oxidation sites excluding steroid dienone is 2. The molecule has 0 aromatic carbocycles. The van der Waals surface area contributed by atoms with E-state index in [-0.39, 0.29) is 5.97 Å². The smallest absolute Gasteiger partial charge is 0.305 e. The van der Waals surface area contributed by atoms with Gasteiger partial charge in [0, 0.05) is 6.42 Å². The molecule has 3 nitrogen and oxygen atoms in total. The normalized spacial score (nSPS) is 12.5. The summed E-state index contributed by atoms with van der Waals surface area (Å²) in [4.78, 5) is 14.5. The van der Waals surface area contributed by atoms with Crippen LogP contribution < -0.4 is 0 Å². The SMILES string of the molecule is CCCCCCCCCCCCCCCCCC/C(=C\CCCC(=O)OCCCCN(C)C)CCCCCCCCC(CCCCCCCCCC)CCCCCCCCCCC. The Morgan fingerprint density at radius 1 is 0.381 bits per heavy atom. The van der Waals surface area contributed by atoms with Gasteiger partial charge in [0.05, 0.1) is 6.61 Å². The average Bonchev–Trinajstić information content (AvgIpc) is 3.27. The third-order valence-corrected chi connectivity index (χ3v) is 14.2. The van der Waals surface area contributed by atoms with Crippen LogP contribution in [0.25, 0.3) is 0 Å². The van der Waals surface area contributed by atoms with Gasteiger partial charge in [0.1, 0.15) is 0 Å². The lowest BCUT2D eigenvalue weighted by Crippen LogP contribution is -2.14. The molecule has 0 aliphatic rings. The van der Waals surface area contributed by atoms with E-state index in [1.54, 1.807) is 5.57 Å². The Morgan fingerprint density at radius 2 is 0.698 bits per heavy atom. The number of hydrogen-bond acceptors (Lipinski definition) is 3. The van der Waals surface area contributed by atoms with Crippen molar-refractivity contribution in [1.29, 1.82) is 0 Å². The van der Waals surface area contributed by atoms with E-state index in [1.807, 2.05) is 0 Å². The van der Waals surface area contributed by atoms with Crippen molar-refractivity contribution in [3.8, 4) is 0 Å². The summed E-state index contributed by atoms with van der Waals surface area (Å²) >= 11 is 0. The molecule has 0 spiro atoms. The molecule has 0 saturated heterocycles. The Labute approximate surface area is 399 Å². The first-order chi connectivity index (χ1) is 31.0. The molecule has 0 heterocycles. The summed E-state index contributed by atoms with van der Waals surface area (Å²) in [6.45, 7) is 8.59. The minimum atomic E-state index is -0.00408. The zero-order valence-electron chi connectivity index (χ0n) is 44.5. The van der Waals surface area contributed by atoms with Gasteiger partial charge in [-0.05, 0) is 77.9 Å². The zero-order valence-corrected chi connectivity index (χ0v) is 44.5. The summed E-state index contributed by atoms with van der Waals surface area (Å²) in [5.41, 5.74) is 1.68. The highest BCUT2D eigenvalue weighted by Crippen LogP contribution is 2.26. The van der Waals surface area contributed by atoms with Gasteiger partial charge in [-0.2, -0.15) is 0 Å². The van der Waals surface area contributed by atoms with Crippen molar-refractivity contribution < 1.29 is 9.53 Å². The van der Waals surface area contributed by atoms with Gasteiger partial charge in [-0.25, -0.2) is 0 Å². The Hall–Kier alpha value is -0.830. The average molecular weight is 887 g/mol. The van der Waals surface area contributed by atoms with Gasteiger partial charge in [0.25, 0.3) is 0 Å². The molecule has 1 unspecified atom stereocenters. The minimum Gasteiger partial charge on any atom is -0.466 e. The van der Waals surface area contributed by atoms with Gasteiger partial charge in [-0.3, -0.25) is 4.79 Å². The van der Waals surface area contributed by atoms with Crippen LogP contribution in [0.4, 0.5) is 0 Å². The maximum atomic E-state index is 12.3. The summed E-state index contributed by atoms with van der Waals surface area (Å²) in [7, 11) is 4.20. The van der Waals surface area contributed by atoms with Crippen molar-refractivity contribution in [2.75, 3.05) is 27.2 Å². The van der Waals surface area contributed by atoms with Crippen molar-refractivity contribution in [1.82, 2.24) is 4.90 Å². The van der Waals surface area contributed by atoms with Crippen molar-refractivity contribution in [3.63, 3.8) is 0 Å². The molecule has 0 amide bonds. The summed E-state index contributed by atoms with van der Waals surface area (Å²) in [6.07, 6.45) is 70.1. The number of ether oxygens (including phenoxy) is 1. The second-order valence-electron chi connectivity index (χ2n) is 20.9. The zero-order chi connectivity index (χ0) is 45.8. The Balaban J connectivity index is 4.52. The molecular formula is C60H119NO2. The van der Waals surface area contributed by atoms with Crippen molar-refractivity contribution in [2.45, 2.75) is 335 Å². The summed E-state index contributed by atoms with van der Waals surface area (Å²) in [6, 6.07) is 0. The maximum Gasteiger partial charge on any atom is 0.305 e. The van der Waals surface area contributed by atoms with Crippen LogP contribution in [0.1, 0.15) is 335 Å². The lowest BCUT2D eigenvalue weighted by Gasteiger charge is -2.17. The highest BCUT2D eigenvalue weighted by atomic mass is 16.5. The number of carbonyl (C=O) groups is 1. The third-order valence-electron chi connectivity index (χ3n) is 14.2. The number of nitrogens with zero attached hydrogens (tertiary/aromatic N) is 1. The molecular weight excluding hydrogens is 767 g/mol. The van der Waals surface area contributed by atoms with Gasteiger partial charge < -0.3 is 9.64 Å². The largest absolute Gasteiger partial charge is 0.466 e. The van der Waals surface area contributed by atoms with Crippen molar-refractivity contribution >= 4 is 5.97 Å². The van der Waals surface area contributed by atoms with Crippen LogP contribution in [0.2, 0.25) is 0 Å². The molecule has 63 heavy (non-hydrogen) atoms. The quantitative estimate of drug-likeness (QED) is 0.0346. The van der Waals surface area contributed by atoms with E-state index in [1.165, 1.54) is 283 Å². The maximum absolute atomic E-state index is 12.3. The van der Waals surface area contributed by atoms with E-state index >= 15 is 0 Å². The Kier molecular flexibility index (Phi) is 53.1. The highest BCUT2D eigenvalue weighted by molar-refractivity contribution is 5.69. The predicted molar refractivity (Wildman–Crippen MR) is 284 cm³/mol. The first kappa shape index (κ1) is 62.2. The molecule has 0 bridgehead atoms. The first-order valence-electron chi connectivity index (χ1n) is 29.5. The molecule has 0 N–H and O–H groups in total. The predicted octanol–water partition coefficient (Wildman–Crippen LogP) is 20.8. The lowest BCUT2D eigenvalue weighted by atomic mass is 9.89. The van der Waals surface area contributed by atoms with E-state index < -0.39 is 0 Å². The lowest BCUT2D eigenvalue weighted by molar-refractivity contribution is -0.143. The molecule has 0 radical (unpaired) electrons. The first-order valence-corrected chi connectivity index (χ1v) is 29.5. The van der Waals surface area contributed by atoms with Crippen LogP contribution in [0.3, 0.4) is 0 Å². The standard InChI is InChI=1S/C60H119NO2/c1-6-9-12-15-18-21-22-23-24-25-26-27-29-32-37-42-52-59(54-45-46-55-60(62)63-57-48-47-56-61(4)5)53-44-39-34-33-38-43-51-58(49-40-35-30-20-17-14-11-8-3)50-41-36-31-28-19-16-13-10-7-2/h54,58H,6-53,55-57H2,1-5H3/b59-54+. The second kappa shape index (κ2) is 53.8. The monoisotopic (exact) mass is 886 g/mol. The fourth-order valence-electron chi connectivity index (χ4n) is 9.81. The van der Waals surface area contributed by atoms with Crippen LogP contribution >= 0.6 is 0 Å². The van der Waals surface area contributed by atoms with E-state index in [9.17, 15) is 4.79 Å². The molecule has 3 heteroatoms. The van der Waals surface area contributed by atoms with Gasteiger partial charge in [-0.1, -0.05) is 289 Å². The number of hydrogen-bond donors (Lipinski definition) is 0. The van der Waals surface area contributed by atoms with E-state index in [0.717, 1.165) is 38.1 Å². The van der Waals surface area contributed by atoms with Crippen molar-refractivity contribution in [3.05, 3.63) is 11.6 Å². The molecule has 376 valence electrons. The van der Waals surface area contributed by atoms with E-state index in [4.69, 9.17) is 4.74 Å². The van der Waals surface area contributed by atoms with E-state index in [2.05, 4.69) is 45.8 Å². The number of unbranched alkanes of at least 4 members (excludes halogenated alkanes) is 37.